The monoisotopic (exact) mass is 477 g/mol. The second-order valence-corrected chi connectivity index (χ2v) is 7.65. The van der Waals surface area contributed by atoms with Gasteiger partial charge in [-0.3, -0.25) is 15.1 Å². The first kappa shape index (κ1) is 23.7. The average molecular weight is 477 g/mol. The number of alkyl halides is 3. The number of H-pyrrole nitrogens is 1. The van der Waals surface area contributed by atoms with Crippen LogP contribution in [0.4, 0.5) is 18.9 Å². The van der Waals surface area contributed by atoms with Crippen molar-refractivity contribution in [2.45, 2.75) is 12.6 Å². The number of hydrogen-bond acceptors (Lipinski definition) is 3. The third kappa shape index (κ3) is 6.57. The van der Waals surface area contributed by atoms with Crippen LogP contribution in [-0.4, -0.2) is 28.4 Å². The molecule has 0 aliphatic heterocycles. The van der Waals surface area contributed by atoms with Gasteiger partial charge in [-0.1, -0.05) is 42.5 Å². The summed E-state index contributed by atoms with van der Waals surface area (Å²) in [4.78, 5) is 24.1. The number of guanidine groups is 1. The maximum Gasteiger partial charge on any atom is 0.416 e. The van der Waals surface area contributed by atoms with Gasteiger partial charge >= 0.3 is 6.18 Å². The number of amides is 1. The summed E-state index contributed by atoms with van der Waals surface area (Å²) in [5, 5.41) is 5.75. The minimum Gasteiger partial charge on any atom is -0.348 e. The summed E-state index contributed by atoms with van der Waals surface area (Å²) >= 11 is 0. The van der Waals surface area contributed by atoms with E-state index >= 15 is 0 Å². The number of aromatic amines is 1. The van der Waals surface area contributed by atoms with E-state index in [1.54, 1.807) is 12.5 Å². The summed E-state index contributed by atoms with van der Waals surface area (Å²) in [6, 6.07) is 21.5. The molecule has 0 spiro atoms. The van der Waals surface area contributed by atoms with Crippen molar-refractivity contribution in [3.8, 4) is 11.1 Å². The fraction of sp³-hybridized carbons (Fsp3) is 0.115. The average Bonchev–Trinajstić information content (AvgIpc) is 3.38. The van der Waals surface area contributed by atoms with E-state index in [1.165, 1.54) is 0 Å². The minimum absolute atomic E-state index is 0.0838. The molecule has 178 valence electrons. The van der Waals surface area contributed by atoms with Crippen LogP contribution in [0.3, 0.4) is 0 Å². The lowest BCUT2D eigenvalue weighted by atomic mass is 10.1. The van der Waals surface area contributed by atoms with Crippen LogP contribution in [0.1, 0.15) is 21.6 Å². The zero-order valence-electron chi connectivity index (χ0n) is 18.5. The Balaban J connectivity index is 1.49. The molecule has 1 heterocycles. The molecule has 0 radical (unpaired) electrons. The van der Waals surface area contributed by atoms with E-state index in [9.17, 15) is 18.0 Å². The summed E-state index contributed by atoms with van der Waals surface area (Å²) in [5.74, 6) is -0.394. The van der Waals surface area contributed by atoms with Gasteiger partial charge in [0.2, 0.25) is 5.96 Å². The highest BCUT2D eigenvalue weighted by Gasteiger charge is 2.30. The van der Waals surface area contributed by atoms with E-state index in [2.05, 4.69) is 25.6 Å². The number of carbonyl (C=O) groups is 1. The lowest BCUT2D eigenvalue weighted by Crippen LogP contribution is -2.36. The predicted molar refractivity (Wildman–Crippen MR) is 129 cm³/mol. The summed E-state index contributed by atoms with van der Waals surface area (Å²) in [5.41, 5.74) is 2.94. The normalized spacial score (nSPS) is 11.8. The van der Waals surface area contributed by atoms with Crippen LogP contribution in [0.15, 0.2) is 96.4 Å². The Hall–Kier alpha value is -4.40. The number of benzene rings is 3. The molecule has 3 N–H and O–H groups in total. The van der Waals surface area contributed by atoms with Gasteiger partial charge < -0.3 is 10.3 Å². The van der Waals surface area contributed by atoms with Crippen LogP contribution < -0.4 is 10.6 Å². The van der Waals surface area contributed by atoms with Crippen LogP contribution in [0.2, 0.25) is 0 Å². The van der Waals surface area contributed by atoms with Crippen LogP contribution in [0.5, 0.6) is 0 Å². The van der Waals surface area contributed by atoms with Gasteiger partial charge in [-0.05, 0) is 47.5 Å². The van der Waals surface area contributed by atoms with Crippen molar-refractivity contribution in [2.75, 3.05) is 11.9 Å². The molecule has 0 aliphatic rings. The predicted octanol–water partition coefficient (Wildman–Crippen LogP) is 5.54. The highest BCUT2D eigenvalue weighted by Crippen LogP contribution is 2.29. The fourth-order valence-corrected chi connectivity index (χ4v) is 3.32. The van der Waals surface area contributed by atoms with Crippen LogP contribution in [0, 0.1) is 0 Å². The Bertz CT molecular complexity index is 1270. The van der Waals surface area contributed by atoms with Crippen molar-refractivity contribution in [1.82, 2.24) is 15.3 Å². The second-order valence-electron chi connectivity index (χ2n) is 7.65. The number of anilines is 1. The Labute approximate surface area is 200 Å². The number of halogens is 3. The number of imidazole rings is 1. The Morgan fingerprint density at radius 1 is 0.914 bits per heavy atom. The number of aliphatic imine (C=N–C) groups is 1. The minimum atomic E-state index is -4.47. The SMILES string of the molecule is O=C(NC(=NCCc1cnc[nH]1)Nc1ccc(-c2ccccc2)cc1)c1ccc(C(F)(F)F)cc1. The van der Waals surface area contributed by atoms with E-state index in [4.69, 9.17) is 0 Å². The zero-order chi connectivity index (χ0) is 24.7. The van der Waals surface area contributed by atoms with E-state index in [0.717, 1.165) is 41.1 Å². The van der Waals surface area contributed by atoms with E-state index in [-0.39, 0.29) is 11.5 Å². The largest absolute Gasteiger partial charge is 0.416 e. The summed E-state index contributed by atoms with van der Waals surface area (Å²) in [6.45, 7) is 0.347. The van der Waals surface area contributed by atoms with Crippen molar-refractivity contribution in [3.05, 3.63) is 108 Å². The third-order valence-electron chi connectivity index (χ3n) is 5.17. The third-order valence-corrected chi connectivity index (χ3v) is 5.17. The van der Waals surface area contributed by atoms with Gasteiger partial charge in [-0.2, -0.15) is 13.2 Å². The van der Waals surface area contributed by atoms with E-state index in [0.29, 0.717) is 18.7 Å². The lowest BCUT2D eigenvalue weighted by molar-refractivity contribution is -0.137. The van der Waals surface area contributed by atoms with Crippen LogP contribution >= 0.6 is 0 Å². The van der Waals surface area contributed by atoms with Gasteiger partial charge in [-0.25, -0.2) is 4.98 Å². The molecule has 9 heteroatoms. The molecule has 6 nitrogen and oxygen atoms in total. The molecular formula is C26H22F3N5O. The standard InChI is InChI=1S/C26H22F3N5O/c27-26(28,29)21-10-6-20(7-11-21)24(35)34-25(31-15-14-23-16-30-17-32-23)33-22-12-8-19(9-13-22)18-4-2-1-3-5-18/h1-13,16-17H,14-15H2,(H,30,32)(H2,31,33,34,35). The maximum atomic E-state index is 12.8. The molecule has 3 aromatic carbocycles. The van der Waals surface area contributed by atoms with Gasteiger partial charge in [-0.15, -0.1) is 0 Å². The van der Waals surface area contributed by atoms with E-state index < -0.39 is 17.6 Å². The van der Waals surface area contributed by atoms with E-state index in [1.807, 2.05) is 54.6 Å². The van der Waals surface area contributed by atoms with Crippen molar-refractivity contribution in [1.29, 1.82) is 0 Å². The fourth-order valence-electron chi connectivity index (χ4n) is 3.32. The zero-order valence-corrected chi connectivity index (χ0v) is 18.5. The van der Waals surface area contributed by atoms with Crippen molar-refractivity contribution in [2.24, 2.45) is 4.99 Å². The second kappa shape index (κ2) is 10.7. The summed E-state index contributed by atoms with van der Waals surface area (Å²) in [7, 11) is 0. The molecule has 0 bridgehead atoms. The van der Waals surface area contributed by atoms with Crippen LogP contribution in [-0.2, 0) is 12.6 Å². The molecule has 35 heavy (non-hydrogen) atoms. The number of hydrogen-bond donors (Lipinski definition) is 3. The molecule has 0 fully saturated rings. The van der Waals surface area contributed by atoms with Crippen molar-refractivity contribution in [3.63, 3.8) is 0 Å². The van der Waals surface area contributed by atoms with Gasteiger partial charge in [0.25, 0.3) is 5.91 Å². The molecule has 1 amide bonds. The Morgan fingerprint density at radius 3 is 2.23 bits per heavy atom. The van der Waals surface area contributed by atoms with Gasteiger partial charge in [0.15, 0.2) is 0 Å². The number of aromatic nitrogens is 2. The first-order valence-electron chi connectivity index (χ1n) is 10.8. The first-order valence-corrected chi connectivity index (χ1v) is 10.8. The number of rotatable bonds is 6. The van der Waals surface area contributed by atoms with Crippen molar-refractivity contribution >= 4 is 17.6 Å². The molecule has 0 saturated carbocycles. The van der Waals surface area contributed by atoms with Gasteiger partial charge in [0.05, 0.1) is 11.9 Å². The molecule has 4 rings (SSSR count). The van der Waals surface area contributed by atoms with Gasteiger partial charge in [0, 0.05) is 36.1 Å². The summed E-state index contributed by atoms with van der Waals surface area (Å²) < 4.78 is 38.5. The maximum absolute atomic E-state index is 12.8. The molecule has 1 aromatic heterocycles. The topological polar surface area (TPSA) is 82.2 Å². The summed E-state index contributed by atoms with van der Waals surface area (Å²) in [6.07, 6.45) is -0.652. The molecule has 0 unspecified atom stereocenters. The molecule has 0 aliphatic carbocycles. The molecule has 0 atom stereocenters. The Kier molecular flexibility index (Phi) is 7.25. The van der Waals surface area contributed by atoms with Crippen LogP contribution in [0.25, 0.3) is 11.1 Å². The highest BCUT2D eigenvalue weighted by atomic mass is 19.4. The number of nitrogens with one attached hydrogen (secondary N) is 3. The first-order chi connectivity index (χ1) is 16.9. The highest BCUT2D eigenvalue weighted by molar-refractivity contribution is 6.10. The quantitative estimate of drug-likeness (QED) is 0.252. The molecule has 4 aromatic rings. The number of carbonyl (C=O) groups excluding carboxylic acids is 1. The number of nitrogens with zero attached hydrogens (tertiary/aromatic N) is 2. The molecule has 0 saturated heterocycles. The van der Waals surface area contributed by atoms with Crippen molar-refractivity contribution < 1.29 is 18.0 Å². The molecular weight excluding hydrogens is 455 g/mol. The Morgan fingerprint density at radius 2 is 1.60 bits per heavy atom. The van der Waals surface area contributed by atoms with Gasteiger partial charge in [0.1, 0.15) is 0 Å². The lowest BCUT2D eigenvalue weighted by Gasteiger charge is -2.13. The smallest absolute Gasteiger partial charge is 0.348 e.